The Kier molecular flexibility index (Phi) is 10.4. The van der Waals surface area contributed by atoms with Crippen molar-refractivity contribution in [1.82, 2.24) is 15.5 Å². The molecule has 1 aromatic carbocycles. The molecule has 0 aliphatic carbocycles. The zero-order chi connectivity index (χ0) is 21.4. The van der Waals surface area contributed by atoms with Crippen molar-refractivity contribution in [2.75, 3.05) is 33.2 Å². The molecule has 1 aromatic rings. The highest BCUT2D eigenvalue weighted by Gasteiger charge is 2.30. The minimum absolute atomic E-state index is 0. The van der Waals surface area contributed by atoms with Crippen molar-refractivity contribution in [3.8, 4) is 0 Å². The minimum Gasteiger partial charge on any atom is -0.370 e. The van der Waals surface area contributed by atoms with Gasteiger partial charge in [0.15, 0.2) is 5.96 Å². The number of nitrogens with one attached hydrogen (secondary N) is 2. The molecule has 0 saturated carbocycles. The quantitative estimate of drug-likeness (QED) is 0.223. The SMILES string of the molecule is CN=C(NCCNC(=O)c1ccc(C(F)(F)F)cc1)N1CCCC(CC(N)=O)C1.I. The monoisotopic (exact) mass is 541 g/mol. The first-order chi connectivity index (χ1) is 13.7. The van der Waals surface area contributed by atoms with Crippen molar-refractivity contribution < 1.29 is 22.8 Å². The van der Waals surface area contributed by atoms with Crippen molar-refractivity contribution in [2.45, 2.75) is 25.4 Å². The number of alkyl halides is 3. The number of benzene rings is 1. The number of halogens is 4. The summed E-state index contributed by atoms with van der Waals surface area (Å²) in [6.07, 6.45) is -2.21. The number of likely N-dealkylation sites (tertiary alicyclic amines) is 1. The molecule has 2 rings (SSSR count). The third-order valence-corrected chi connectivity index (χ3v) is 4.69. The van der Waals surface area contributed by atoms with Crippen LogP contribution < -0.4 is 16.4 Å². The number of piperidine rings is 1. The Morgan fingerprint density at radius 3 is 2.40 bits per heavy atom. The lowest BCUT2D eigenvalue weighted by Crippen LogP contribution is -2.48. The third kappa shape index (κ3) is 8.00. The summed E-state index contributed by atoms with van der Waals surface area (Å²) in [6, 6.07) is 4.07. The van der Waals surface area contributed by atoms with Gasteiger partial charge in [-0.25, -0.2) is 0 Å². The average Bonchev–Trinajstić information content (AvgIpc) is 2.67. The van der Waals surface area contributed by atoms with Gasteiger partial charge in [-0.1, -0.05) is 0 Å². The van der Waals surface area contributed by atoms with E-state index in [2.05, 4.69) is 20.5 Å². The van der Waals surface area contributed by atoms with Gasteiger partial charge in [-0.05, 0) is 43.0 Å². The standard InChI is InChI=1S/C19H26F3N5O2.HI/c1-24-18(27-10-2-3-13(12-27)11-16(23)28)26-9-8-25-17(29)14-4-6-15(7-5-14)19(20,21)22;/h4-7,13H,2-3,8-12H2,1H3,(H2,23,28)(H,24,26)(H,25,29);1H. The molecule has 1 aliphatic rings. The number of nitrogens with two attached hydrogens (primary N) is 1. The van der Waals surface area contributed by atoms with Crippen LogP contribution in [0.4, 0.5) is 13.2 Å². The van der Waals surface area contributed by atoms with E-state index in [1.54, 1.807) is 7.05 Å². The fraction of sp³-hybridized carbons (Fsp3) is 0.526. The second-order valence-corrected chi connectivity index (χ2v) is 6.93. The minimum atomic E-state index is -4.43. The molecule has 1 saturated heterocycles. The van der Waals surface area contributed by atoms with Gasteiger partial charge in [0.05, 0.1) is 5.56 Å². The van der Waals surface area contributed by atoms with Crippen LogP contribution in [-0.2, 0) is 11.0 Å². The maximum atomic E-state index is 12.6. The van der Waals surface area contributed by atoms with Gasteiger partial charge in [0.1, 0.15) is 0 Å². The van der Waals surface area contributed by atoms with Crippen LogP contribution in [-0.4, -0.2) is 55.9 Å². The first-order valence-corrected chi connectivity index (χ1v) is 9.40. The normalized spacial score (nSPS) is 17.1. The van der Waals surface area contributed by atoms with Gasteiger partial charge in [-0.3, -0.25) is 14.6 Å². The van der Waals surface area contributed by atoms with Crippen molar-refractivity contribution >= 4 is 41.8 Å². The number of rotatable bonds is 6. The Hall–Kier alpha value is -2.05. The first kappa shape index (κ1) is 26.0. The summed E-state index contributed by atoms with van der Waals surface area (Å²) in [5.74, 6) is 0.0999. The van der Waals surface area contributed by atoms with Gasteiger partial charge in [0.25, 0.3) is 5.91 Å². The molecule has 11 heteroatoms. The van der Waals surface area contributed by atoms with Crippen LogP contribution in [0.15, 0.2) is 29.3 Å². The van der Waals surface area contributed by atoms with Gasteiger partial charge >= 0.3 is 6.18 Å². The number of aliphatic imine (C=N–C) groups is 1. The van der Waals surface area contributed by atoms with Crippen LogP contribution in [0.1, 0.15) is 35.2 Å². The van der Waals surface area contributed by atoms with E-state index in [0.717, 1.165) is 43.7 Å². The van der Waals surface area contributed by atoms with Crippen molar-refractivity contribution in [2.24, 2.45) is 16.6 Å². The number of carbonyl (C=O) groups excluding carboxylic acids is 2. The lowest BCUT2D eigenvalue weighted by molar-refractivity contribution is -0.137. The molecule has 1 fully saturated rings. The average molecular weight is 541 g/mol. The largest absolute Gasteiger partial charge is 0.416 e. The van der Waals surface area contributed by atoms with Crippen LogP contribution in [0.3, 0.4) is 0 Å². The Morgan fingerprint density at radius 1 is 1.20 bits per heavy atom. The molecule has 0 bridgehead atoms. The van der Waals surface area contributed by atoms with E-state index in [1.807, 2.05) is 0 Å². The summed E-state index contributed by atoms with van der Waals surface area (Å²) >= 11 is 0. The Bertz CT molecular complexity index is 741. The molecule has 0 aromatic heterocycles. The first-order valence-electron chi connectivity index (χ1n) is 9.40. The molecule has 7 nitrogen and oxygen atoms in total. The van der Waals surface area contributed by atoms with Crippen molar-refractivity contribution in [1.29, 1.82) is 0 Å². The van der Waals surface area contributed by atoms with E-state index in [-0.39, 0.29) is 47.9 Å². The summed E-state index contributed by atoms with van der Waals surface area (Å²) in [4.78, 5) is 29.5. The van der Waals surface area contributed by atoms with Crippen LogP contribution in [0, 0.1) is 5.92 Å². The zero-order valence-corrected chi connectivity index (χ0v) is 19.0. The van der Waals surface area contributed by atoms with Crippen LogP contribution in [0.2, 0.25) is 0 Å². The van der Waals surface area contributed by atoms with E-state index in [4.69, 9.17) is 5.73 Å². The van der Waals surface area contributed by atoms with E-state index in [9.17, 15) is 22.8 Å². The number of carbonyl (C=O) groups is 2. The molecule has 4 N–H and O–H groups in total. The topological polar surface area (TPSA) is 99.8 Å². The summed E-state index contributed by atoms with van der Waals surface area (Å²) < 4.78 is 37.7. The molecule has 0 radical (unpaired) electrons. The molecule has 0 spiro atoms. The summed E-state index contributed by atoms with van der Waals surface area (Å²) in [5, 5.41) is 5.80. The van der Waals surface area contributed by atoms with Gasteiger partial charge in [0, 0.05) is 45.2 Å². The molecule has 1 unspecified atom stereocenters. The van der Waals surface area contributed by atoms with Crippen LogP contribution >= 0.6 is 24.0 Å². The van der Waals surface area contributed by atoms with Gasteiger partial charge in [-0.2, -0.15) is 13.2 Å². The Balaban J connectivity index is 0.00000450. The van der Waals surface area contributed by atoms with E-state index < -0.39 is 17.6 Å². The highest BCUT2D eigenvalue weighted by Crippen LogP contribution is 2.29. The number of guanidine groups is 1. The fourth-order valence-electron chi connectivity index (χ4n) is 3.30. The molecular weight excluding hydrogens is 514 g/mol. The van der Waals surface area contributed by atoms with E-state index in [1.165, 1.54) is 0 Å². The number of nitrogens with zero attached hydrogens (tertiary/aromatic N) is 2. The lowest BCUT2D eigenvalue weighted by atomic mass is 9.95. The van der Waals surface area contributed by atoms with E-state index >= 15 is 0 Å². The summed E-state index contributed by atoms with van der Waals surface area (Å²) in [7, 11) is 1.65. The zero-order valence-electron chi connectivity index (χ0n) is 16.7. The molecule has 30 heavy (non-hydrogen) atoms. The van der Waals surface area contributed by atoms with E-state index in [0.29, 0.717) is 25.5 Å². The molecule has 168 valence electrons. The van der Waals surface area contributed by atoms with Crippen LogP contribution in [0.5, 0.6) is 0 Å². The Labute approximate surface area is 190 Å². The van der Waals surface area contributed by atoms with Gasteiger partial charge in [0.2, 0.25) is 5.91 Å². The fourth-order valence-corrected chi connectivity index (χ4v) is 3.30. The van der Waals surface area contributed by atoms with Crippen LogP contribution in [0.25, 0.3) is 0 Å². The lowest BCUT2D eigenvalue weighted by Gasteiger charge is -2.34. The second kappa shape index (κ2) is 12.0. The second-order valence-electron chi connectivity index (χ2n) is 6.93. The third-order valence-electron chi connectivity index (χ3n) is 4.69. The van der Waals surface area contributed by atoms with Gasteiger partial charge in [-0.15, -0.1) is 24.0 Å². The number of amides is 2. The van der Waals surface area contributed by atoms with Gasteiger partial charge < -0.3 is 21.3 Å². The highest BCUT2D eigenvalue weighted by atomic mass is 127. The predicted molar refractivity (Wildman–Crippen MR) is 119 cm³/mol. The molecule has 1 heterocycles. The number of hydrogen-bond acceptors (Lipinski definition) is 3. The molecule has 1 atom stereocenters. The smallest absolute Gasteiger partial charge is 0.370 e. The summed E-state index contributed by atoms with van der Waals surface area (Å²) in [6.45, 7) is 2.17. The Morgan fingerprint density at radius 2 is 1.83 bits per heavy atom. The van der Waals surface area contributed by atoms with Crippen molar-refractivity contribution in [3.63, 3.8) is 0 Å². The summed E-state index contributed by atoms with van der Waals surface area (Å²) in [5.41, 5.74) is 4.65. The maximum Gasteiger partial charge on any atom is 0.416 e. The predicted octanol–water partition coefficient (Wildman–Crippen LogP) is 2.22. The maximum absolute atomic E-state index is 12.6. The number of primary amides is 1. The number of hydrogen-bond donors (Lipinski definition) is 3. The molecule has 1 aliphatic heterocycles. The molecule has 2 amide bonds. The van der Waals surface area contributed by atoms with Crippen molar-refractivity contribution in [3.05, 3.63) is 35.4 Å². The molecular formula is C19H27F3IN5O2. The highest BCUT2D eigenvalue weighted by molar-refractivity contribution is 14.0.